The van der Waals surface area contributed by atoms with Crippen LogP contribution in [0.5, 0.6) is 0 Å². The number of nitrogens with zero attached hydrogens (tertiary/aromatic N) is 2. The number of nitrogens with one attached hydrogen (secondary N) is 1. The largest absolute Gasteiger partial charge is 0.352 e. The molecule has 0 radical (unpaired) electrons. The van der Waals surface area contributed by atoms with E-state index in [9.17, 15) is 9.59 Å². The molecule has 0 aliphatic carbocycles. The molecule has 0 bridgehead atoms. The predicted octanol–water partition coefficient (Wildman–Crippen LogP) is 0.971. The molecule has 2 rings (SSSR count). The van der Waals surface area contributed by atoms with Crippen LogP contribution in [-0.4, -0.2) is 61.4 Å². The van der Waals surface area contributed by atoms with Gasteiger partial charge in [-0.3, -0.25) is 9.59 Å². The third-order valence-electron chi connectivity index (χ3n) is 3.74. The summed E-state index contributed by atoms with van der Waals surface area (Å²) >= 11 is 0. The zero-order valence-corrected chi connectivity index (χ0v) is 12.5. The number of benzene rings is 1. The number of hydrogen-bond donors (Lipinski definition) is 1. The standard InChI is InChI=1S/C16H23N3O2/c1-18-10-12-19(13-11-18)15(20)8-5-9-17-16(21)14-6-3-2-4-7-14/h2-4,6-7H,5,8-13H2,1H3,(H,17,21). The summed E-state index contributed by atoms with van der Waals surface area (Å²) in [6, 6.07) is 9.12. The van der Waals surface area contributed by atoms with E-state index in [-0.39, 0.29) is 11.8 Å². The van der Waals surface area contributed by atoms with Gasteiger partial charge in [0.2, 0.25) is 5.91 Å². The molecule has 0 atom stereocenters. The maximum Gasteiger partial charge on any atom is 0.251 e. The summed E-state index contributed by atoms with van der Waals surface area (Å²) in [6.07, 6.45) is 1.18. The van der Waals surface area contributed by atoms with E-state index in [2.05, 4.69) is 17.3 Å². The Morgan fingerprint density at radius 3 is 2.43 bits per heavy atom. The Labute approximate surface area is 125 Å². The molecular formula is C16H23N3O2. The van der Waals surface area contributed by atoms with Crippen LogP contribution in [0.2, 0.25) is 0 Å². The summed E-state index contributed by atoms with van der Waals surface area (Å²) in [7, 11) is 2.07. The molecule has 1 aliphatic heterocycles. The van der Waals surface area contributed by atoms with Gasteiger partial charge in [-0.15, -0.1) is 0 Å². The summed E-state index contributed by atoms with van der Waals surface area (Å²) in [5.41, 5.74) is 0.655. The Kier molecular flexibility index (Phi) is 5.75. The topological polar surface area (TPSA) is 52.6 Å². The molecular weight excluding hydrogens is 266 g/mol. The molecule has 1 saturated heterocycles. The van der Waals surface area contributed by atoms with Gasteiger partial charge < -0.3 is 15.1 Å². The second-order valence-corrected chi connectivity index (χ2v) is 5.41. The lowest BCUT2D eigenvalue weighted by Crippen LogP contribution is -2.47. The number of likely N-dealkylation sites (N-methyl/N-ethyl adjacent to an activating group) is 1. The molecule has 0 unspecified atom stereocenters. The van der Waals surface area contributed by atoms with Crippen LogP contribution in [0.4, 0.5) is 0 Å². The summed E-state index contributed by atoms with van der Waals surface area (Å²) < 4.78 is 0. The van der Waals surface area contributed by atoms with Crippen molar-refractivity contribution in [3.05, 3.63) is 35.9 Å². The first kappa shape index (κ1) is 15.5. The van der Waals surface area contributed by atoms with Crippen LogP contribution in [0.25, 0.3) is 0 Å². The number of piperazine rings is 1. The molecule has 1 aromatic carbocycles. The van der Waals surface area contributed by atoms with Gasteiger partial charge in [0.05, 0.1) is 0 Å². The van der Waals surface area contributed by atoms with E-state index in [0.717, 1.165) is 26.2 Å². The molecule has 1 aliphatic rings. The Balaban J connectivity index is 1.63. The first-order valence-electron chi connectivity index (χ1n) is 7.46. The van der Waals surface area contributed by atoms with Crippen LogP contribution in [0.3, 0.4) is 0 Å². The Bertz CT molecular complexity index is 468. The lowest BCUT2D eigenvalue weighted by molar-refractivity contribution is -0.132. The normalized spacial score (nSPS) is 15.8. The van der Waals surface area contributed by atoms with Crippen LogP contribution in [0.1, 0.15) is 23.2 Å². The van der Waals surface area contributed by atoms with Gasteiger partial charge >= 0.3 is 0 Å². The molecule has 1 aromatic rings. The number of carbonyl (C=O) groups is 2. The van der Waals surface area contributed by atoms with Crippen molar-refractivity contribution in [3.8, 4) is 0 Å². The SMILES string of the molecule is CN1CCN(C(=O)CCCNC(=O)c2ccccc2)CC1. The molecule has 5 heteroatoms. The molecule has 0 aromatic heterocycles. The summed E-state index contributed by atoms with van der Waals surface area (Å²) in [6.45, 7) is 4.04. The van der Waals surface area contributed by atoms with Crippen molar-refractivity contribution in [1.29, 1.82) is 0 Å². The fraction of sp³-hybridized carbons (Fsp3) is 0.500. The number of hydrogen-bond acceptors (Lipinski definition) is 3. The number of carbonyl (C=O) groups excluding carboxylic acids is 2. The first-order chi connectivity index (χ1) is 10.2. The highest BCUT2D eigenvalue weighted by atomic mass is 16.2. The fourth-order valence-corrected chi connectivity index (χ4v) is 2.35. The Morgan fingerprint density at radius 2 is 1.76 bits per heavy atom. The second kappa shape index (κ2) is 7.78. The molecule has 5 nitrogen and oxygen atoms in total. The lowest BCUT2D eigenvalue weighted by Gasteiger charge is -2.32. The van der Waals surface area contributed by atoms with E-state index in [1.165, 1.54) is 0 Å². The molecule has 1 heterocycles. The molecule has 1 fully saturated rings. The van der Waals surface area contributed by atoms with E-state index in [1.807, 2.05) is 23.1 Å². The van der Waals surface area contributed by atoms with Crippen LogP contribution in [-0.2, 0) is 4.79 Å². The quantitative estimate of drug-likeness (QED) is 0.822. The van der Waals surface area contributed by atoms with Crippen molar-refractivity contribution < 1.29 is 9.59 Å². The van der Waals surface area contributed by atoms with E-state index in [1.54, 1.807) is 12.1 Å². The molecule has 0 saturated carbocycles. The van der Waals surface area contributed by atoms with Crippen molar-refractivity contribution >= 4 is 11.8 Å². The van der Waals surface area contributed by atoms with Crippen molar-refractivity contribution in [2.75, 3.05) is 39.8 Å². The van der Waals surface area contributed by atoms with Gasteiger partial charge in [0.1, 0.15) is 0 Å². The second-order valence-electron chi connectivity index (χ2n) is 5.41. The maximum absolute atomic E-state index is 12.0. The average molecular weight is 289 g/mol. The van der Waals surface area contributed by atoms with Gasteiger partial charge in [0.25, 0.3) is 5.91 Å². The number of rotatable bonds is 5. The van der Waals surface area contributed by atoms with Gasteiger partial charge in [-0.25, -0.2) is 0 Å². The van der Waals surface area contributed by atoms with E-state index >= 15 is 0 Å². The molecule has 2 amide bonds. The summed E-state index contributed by atoms with van der Waals surface area (Å²) in [5, 5.41) is 2.85. The predicted molar refractivity (Wildman–Crippen MR) is 82.1 cm³/mol. The minimum absolute atomic E-state index is 0.0809. The summed E-state index contributed by atoms with van der Waals surface area (Å²) in [4.78, 5) is 28.0. The number of amides is 2. The zero-order valence-electron chi connectivity index (χ0n) is 12.5. The molecule has 21 heavy (non-hydrogen) atoms. The monoisotopic (exact) mass is 289 g/mol. The Hall–Kier alpha value is -1.88. The van der Waals surface area contributed by atoms with Crippen LogP contribution >= 0.6 is 0 Å². The smallest absolute Gasteiger partial charge is 0.251 e. The van der Waals surface area contributed by atoms with Gasteiger partial charge in [0, 0.05) is 44.7 Å². The zero-order chi connectivity index (χ0) is 15.1. The van der Waals surface area contributed by atoms with Crippen molar-refractivity contribution in [2.45, 2.75) is 12.8 Å². The molecule has 1 N–H and O–H groups in total. The third-order valence-corrected chi connectivity index (χ3v) is 3.74. The van der Waals surface area contributed by atoms with Crippen LogP contribution in [0.15, 0.2) is 30.3 Å². The molecule has 0 spiro atoms. The lowest BCUT2D eigenvalue weighted by atomic mass is 10.2. The average Bonchev–Trinajstić information content (AvgIpc) is 2.52. The van der Waals surface area contributed by atoms with E-state index in [4.69, 9.17) is 0 Å². The minimum atomic E-state index is -0.0809. The van der Waals surface area contributed by atoms with E-state index < -0.39 is 0 Å². The van der Waals surface area contributed by atoms with Crippen molar-refractivity contribution in [3.63, 3.8) is 0 Å². The van der Waals surface area contributed by atoms with Gasteiger partial charge in [-0.1, -0.05) is 18.2 Å². The van der Waals surface area contributed by atoms with E-state index in [0.29, 0.717) is 24.9 Å². The highest BCUT2D eigenvalue weighted by Crippen LogP contribution is 2.03. The van der Waals surface area contributed by atoms with Gasteiger partial charge in [-0.05, 0) is 25.6 Å². The third kappa shape index (κ3) is 4.86. The van der Waals surface area contributed by atoms with Crippen LogP contribution in [0, 0.1) is 0 Å². The van der Waals surface area contributed by atoms with Gasteiger partial charge in [0.15, 0.2) is 0 Å². The fourth-order valence-electron chi connectivity index (χ4n) is 2.35. The van der Waals surface area contributed by atoms with Crippen molar-refractivity contribution in [1.82, 2.24) is 15.1 Å². The first-order valence-corrected chi connectivity index (χ1v) is 7.46. The van der Waals surface area contributed by atoms with Crippen molar-refractivity contribution in [2.24, 2.45) is 0 Å². The highest BCUT2D eigenvalue weighted by Gasteiger charge is 2.18. The minimum Gasteiger partial charge on any atom is -0.352 e. The van der Waals surface area contributed by atoms with Gasteiger partial charge in [-0.2, -0.15) is 0 Å². The summed E-state index contributed by atoms with van der Waals surface area (Å²) in [5.74, 6) is 0.111. The molecule has 114 valence electrons. The Morgan fingerprint density at radius 1 is 1.10 bits per heavy atom. The van der Waals surface area contributed by atoms with Crippen LogP contribution < -0.4 is 5.32 Å². The highest BCUT2D eigenvalue weighted by molar-refractivity contribution is 5.94. The maximum atomic E-state index is 12.0.